The van der Waals surface area contributed by atoms with Crippen LogP contribution in [-0.4, -0.2) is 8.42 Å². The molecule has 0 spiro atoms. The van der Waals surface area contributed by atoms with Gasteiger partial charge in [0.05, 0.1) is 16.3 Å². The van der Waals surface area contributed by atoms with Gasteiger partial charge in [0.2, 0.25) is 0 Å². The van der Waals surface area contributed by atoms with E-state index in [4.69, 9.17) is 5.73 Å². The molecule has 5 heteroatoms. The number of rotatable bonds is 3. The fourth-order valence-corrected chi connectivity index (χ4v) is 3.25. The molecule has 0 aromatic heterocycles. The number of nitrogen functional groups attached to an aromatic ring is 1. The largest absolute Gasteiger partial charge is 0.397 e. The molecule has 0 atom stereocenters. The first kappa shape index (κ1) is 13.5. The van der Waals surface area contributed by atoms with E-state index in [0.717, 1.165) is 10.8 Å². The molecule has 3 rings (SSSR count). The van der Waals surface area contributed by atoms with Crippen molar-refractivity contribution in [3.8, 4) is 0 Å². The Labute approximate surface area is 123 Å². The summed E-state index contributed by atoms with van der Waals surface area (Å²) in [6.45, 7) is 0. The standard InChI is InChI=1S/C16H14N2O2S/c17-15-7-3-4-8-16(15)18-21(19,20)14-10-9-12-5-1-2-6-13(12)11-14/h1-11,18H,17H2. The van der Waals surface area contributed by atoms with Gasteiger partial charge in [-0.25, -0.2) is 8.42 Å². The molecule has 21 heavy (non-hydrogen) atoms. The highest BCUT2D eigenvalue weighted by atomic mass is 32.2. The third-order valence-electron chi connectivity index (χ3n) is 3.24. The first-order chi connectivity index (χ1) is 10.1. The van der Waals surface area contributed by atoms with Crippen LogP contribution in [0.3, 0.4) is 0 Å². The van der Waals surface area contributed by atoms with Crippen LogP contribution in [-0.2, 0) is 10.0 Å². The molecule has 0 unspecified atom stereocenters. The van der Waals surface area contributed by atoms with Crippen LogP contribution in [0.2, 0.25) is 0 Å². The molecule has 0 saturated carbocycles. The Morgan fingerprint density at radius 3 is 2.24 bits per heavy atom. The zero-order chi connectivity index (χ0) is 14.9. The van der Waals surface area contributed by atoms with E-state index in [-0.39, 0.29) is 4.90 Å². The van der Waals surface area contributed by atoms with Crippen LogP contribution < -0.4 is 10.5 Å². The molecule has 3 aromatic rings. The molecule has 0 fully saturated rings. The van der Waals surface area contributed by atoms with E-state index in [1.807, 2.05) is 24.3 Å². The van der Waals surface area contributed by atoms with Crippen LogP contribution in [0.1, 0.15) is 0 Å². The topological polar surface area (TPSA) is 72.2 Å². The predicted octanol–water partition coefficient (Wildman–Crippen LogP) is 3.22. The molecule has 3 aromatic carbocycles. The minimum atomic E-state index is -3.66. The third kappa shape index (κ3) is 2.68. The molecule has 0 saturated heterocycles. The van der Waals surface area contributed by atoms with Crippen LogP contribution in [0.15, 0.2) is 71.6 Å². The molecule has 106 valence electrons. The second-order valence-electron chi connectivity index (χ2n) is 4.70. The highest BCUT2D eigenvalue weighted by molar-refractivity contribution is 7.92. The lowest BCUT2D eigenvalue weighted by atomic mass is 10.1. The number of nitrogens with one attached hydrogen (secondary N) is 1. The van der Waals surface area contributed by atoms with Crippen LogP contribution in [0, 0.1) is 0 Å². The van der Waals surface area contributed by atoms with Crippen LogP contribution in [0.5, 0.6) is 0 Å². The highest BCUT2D eigenvalue weighted by Crippen LogP contribution is 2.24. The second-order valence-corrected chi connectivity index (χ2v) is 6.38. The zero-order valence-corrected chi connectivity index (χ0v) is 12.0. The summed E-state index contributed by atoms with van der Waals surface area (Å²) in [5, 5.41) is 1.87. The van der Waals surface area contributed by atoms with Crippen molar-refractivity contribution < 1.29 is 8.42 Å². The van der Waals surface area contributed by atoms with E-state index in [2.05, 4.69) is 4.72 Å². The molecule has 3 N–H and O–H groups in total. The Morgan fingerprint density at radius 2 is 1.48 bits per heavy atom. The van der Waals surface area contributed by atoms with Crippen LogP contribution >= 0.6 is 0 Å². The van der Waals surface area contributed by atoms with Gasteiger partial charge in [-0.15, -0.1) is 0 Å². The summed E-state index contributed by atoms with van der Waals surface area (Å²) in [5.74, 6) is 0. The van der Waals surface area contributed by atoms with Gasteiger partial charge in [-0.2, -0.15) is 0 Å². The summed E-state index contributed by atoms with van der Waals surface area (Å²) in [4.78, 5) is 0.212. The average molecular weight is 298 g/mol. The number of nitrogens with two attached hydrogens (primary N) is 1. The number of anilines is 2. The molecule has 0 aliphatic heterocycles. The molecular weight excluding hydrogens is 284 g/mol. The third-order valence-corrected chi connectivity index (χ3v) is 4.60. The van der Waals surface area contributed by atoms with Gasteiger partial charge in [0.1, 0.15) is 0 Å². The molecule has 0 radical (unpaired) electrons. The fourth-order valence-electron chi connectivity index (χ4n) is 2.13. The van der Waals surface area contributed by atoms with Gasteiger partial charge in [0, 0.05) is 0 Å². The number of hydrogen-bond donors (Lipinski definition) is 2. The SMILES string of the molecule is Nc1ccccc1NS(=O)(=O)c1ccc2ccccc2c1. The minimum absolute atomic E-state index is 0.212. The van der Waals surface area contributed by atoms with Gasteiger partial charge in [-0.1, -0.05) is 42.5 Å². The number of benzene rings is 3. The average Bonchev–Trinajstić information content (AvgIpc) is 2.49. The molecular formula is C16H14N2O2S. The van der Waals surface area contributed by atoms with Gasteiger partial charge >= 0.3 is 0 Å². The summed E-state index contributed by atoms with van der Waals surface area (Å²) < 4.78 is 27.4. The molecule has 0 aliphatic rings. The molecule has 0 amide bonds. The lowest BCUT2D eigenvalue weighted by molar-refractivity contribution is 0.601. The normalized spacial score (nSPS) is 11.4. The maximum absolute atomic E-state index is 12.4. The number of sulfonamides is 1. The van der Waals surface area contributed by atoms with Gasteiger partial charge < -0.3 is 5.73 Å². The Kier molecular flexibility index (Phi) is 3.27. The maximum Gasteiger partial charge on any atom is 0.261 e. The van der Waals surface area contributed by atoms with E-state index in [9.17, 15) is 8.42 Å². The van der Waals surface area contributed by atoms with Gasteiger partial charge in [0.15, 0.2) is 0 Å². The van der Waals surface area contributed by atoms with Crippen molar-refractivity contribution in [3.05, 3.63) is 66.7 Å². The lowest BCUT2D eigenvalue weighted by Gasteiger charge is -2.10. The van der Waals surface area contributed by atoms with Crippen molar-refractivity contribution in [2.45, 2.75) is 4.90 Å². The maximum atomic E-state index is 12.4. The van der Waals surface area contributed by atoms with E-state index in [1.54, 1.807) is 42.5 Å². The summed E-state index contributed by atoms with van der Waals surface area (Å²) in [6, 6.07) is 19.4. The highest BCUT2D eigenvalue weighted by Gasteiger charge is 2.15. The van der Waals surface area contributed by atoms with Gasteiger partial charge in [-0.3, -0.25) is 4.72 Å². The summed E-state index contributed by atoms with van der Waals surface area (Å²) in [6.07, 6.45) is 0. The lowest BCUT2D eigenvalue weighted by Crippen LogP contribution is -2.14. The zero-order valence-electron chi connectivity index (χ0n) is 11.2. The van der Waals surface area contributed by atoms with E-state index in [1.165, 1.54) is 0 Å². The molecule has 0 aliphatic carbocycles. The van der Waals surface area contributed by atoms with Gasteiger partial charge in [0.25, 0.3) is 10.0 Å². The van der Waals surface area contributed by atoms with Crippen molar-refractivity contribution in [3.63, 3.8) is 0 Å². The second kappa shape index (κ2) is 5.10. The van der Waals surface area contributed by atoms with Crippen molar-refractivity contribution in [2.24, 2.45) is 0 Å². The quantitative estimate of drug-likeness (QED) is 0.729. The smallest absolute Gasteiger partial charge is 0.261 e. The number of para-hydroxylation sites is 2. The fraction of sp³-hybridized carbons (Fsp3) is 0. The monoisotopic (exact) mass is 298 g/mol. The number of fused-ring (bicyclic) bond motifs is 1. The molecule has 0 bridgehead atoms. The number of hydrogen-bond acceptors (Lipinski definition) is 3. The molecule has 4 nitrogen and oxygen atoms in total. The van der Waals surface area contributed by atoms with E-state index < -0.39 is 10.0 Å². The predicted molar refractivity (Wildman–Crippen MR) is 85.6 cm³/mol. The first-order valence-corrected chi connectivity index (χ1v) is 7.91. The van der Waals surface area contributed by atoms with Crippen molar-refractivity contribution in [2.75, 3.05) is 10.5 Å². The first-order valence-electron chi connectivity index (χ1n) is 6.42. The van der Waals surface area contributed by atoms with Crippen molar-refractivity contribution in [1.29, 1.82) is 0 Å². The summed E-state index contributed by atoms with van der Waals surface area (Å²) in [5.41, 5.74) is 6.54. The Hall–Kier alpha value is -2.53. The Bertz CT molecular complexity index is 905. The Balaban J connectivity index is 2.02. The van der Waals surface area contributed by atoms with Gasteiger partial charge in [-0.05, 0) is 35.0 Å². The summed E-state index contributed by atoms with van der Waals surface area (Å²) in [7, 11) is -3.66. The summed E-state index contributed by atoms with van der Waals surface area (Å²) >= 11 is 0. The Morgan fingerprint density at radius 1 is 0.810 bits per heavy atom. The van der Waals surface area contributed by atoms with Crippen molar-refractivity contribution >= 4 is 32.2 Å². The van der Waals surface area contributed by atoms with Crippen molar-refractivity contribution in [1.82, 2.24) is 0 Å². The van der Waals surface area contributed by atoms with E-state index >= 15 is 0 Å². The van der Waals surface area contributed by atoms with Crippen LogP contribution in [0.4, 0.5) is 11.4 Å². The minimum Gasteiger partial charge on any atom is -0.397 e. The van der Waals surface area contributed by atoms with Crippen LogP contribution in [0.25, 0.3) is 10.8 Å². The molecule has 0 heterocycles. The van der Waals surface area contributed by atoms with E-state index in [0.29, 0.717) is 11.4 Å².